The van der Waals surface area contributed by atoms with Crippen molar-refractivity contribution in [2.45, 2.75) is 45.7 Å². The van der Waals surface area contributed by atoms with E-state index in [1.807, 2.05) is 0 Å². The van der Waals surface area contributed by atoms with Crippen molar-refractivity contribution >= 4 is 0 Å². The number of rotatable bonds is 3. The Balaban J connectivity index is 2.06. The molecule has 1 aromatic carbocycles. The molecule has 1 heterocycles. The summed E-state index contributed by atoms with van der Waals surface area (Å²) in [5.74, 6) is 0. The normalized spacial score (nSPS) is 22.9. The molecule has 0 spiro atoms. The Labute approximate surface area is 105 Å². The molecule has 0 aliphatic carbocycles. The smallest absolute Gasteiger partial charge is 0.0424 e. The molecule has 2 nitrogen and oxygen atoms in total. The molecule has 2 rings (SSSR count). The molecule has 0 saturated carbocycles. The lowest BCUT2D eigenvalue weighted by molar-refractivity contribution is 0.252. The zero-order valence-electron chi connectivity index (χ0n) is 11.2. The van der Waals surface area contributed by atoms with E-state index in [2.05, 4.69) is 43.9 Å². The first-order valence-electron chi connectivity index (χ1n) is 6.64. The van der Waals surface area contributed by atoms with Gasteiger partial charge in [-0.1, -0.05) is 29.3 Å². The van der Waals surface area contributed by atoms with Gasteiger partial charge in [0, 0.05) is 18.6 Å². The summed E-state index contributed by atoms with van der Waals surface area (Å²) in [7, 11) is 0. The third-order valence-electron chi connectivity index (χ3n) is 3.79. The van der Waals surface area contributed by atoms with Gasteiger partial charge in [-0.2, -0.15) is 0 Å². The molecular weight excluding hydrogens is 208 g/mol. The summed E-state index contributed by atoms with van der Waals surface area (Å²) < 4.78 is 0. The standard InChI is InChI=1S/C15H24N2/c1-11-7-12(2)9-14(8-11)15(16)10-17-6-4-5-13(17)3/h7-9,13,15H,4-6,10,16H2,1-3H3. The van der Waals surface area contributed by atoms with E-state index in [1.165, 1.54) is 36.1 Å². The highest BCUT2D eigenvalue weighted by molar-refractivity contribution is 5.30. The first-order chi connectivity index (χ1) is 8.06. The van der Waals surface area contributed by atoms with Gasteiger partial charge in [-0.3, -0.25) is 4.90 Å². The predicted octanol–water partition coefficient (Wildman–Crippen LogP) is 2.79. The molecule has 17 heavy (non-hydrogen) atoms. The average Bonchev–Trinajstić information content (AvgIpc) is 2.63. The molecule has 0 bridgehead atoms. The molecule has 0 radical (unpaired) electrons. The molecule has 1 aliphatic rings. The quantitative estimate of drug-likeness (QED) is 0.868. The number of nitrogens with two attached hydrogens (primary N) is 1. The SMILES string of the molecule is Cc1cc(C)cc(C(N)CN2CCCC2C)c1. The number of hydrogen-bond acceptors (Lipinski definition) is 2. The Morgan fingerprint density at radius 2 is 1.94 bits per heavy atom. The third kappa shape index (κ3) is 3.08. The summed E-state index contributed by atoms with van der Waals surface area (Å²) in [6.07, 6.45) is 2.64. The second kappa shape index (κ2) is 5.19. The highest BCUT2D eigenvalue weighted by Crippen LogP contribution is 2.21. The van der Waals surface area contributed by atoms with Crippen molar-refractivity contribution in [2.24, 2.45) is 5.73 Å². The van der Waals surface area contributed by atoms with Crippen molar-refractivity contribution in [3.8, 4) is 0 Å². The molecule has 1 aromatic rings. The molecule has 0 amide bonds. The highest BCUT2D eigenvalue weighted by Gasteiger charge is 2.22. The van der Waals surface area contributed by atoms with E-state index < -0.39 is 0 Å². The summed E-state index contributed by atoms with van der Waals surface area (Å²) in [6, 6.07) is 7.49. The Kier molecular flexibility index (Phi) is 3.85. The minimum Gasteiger partial charge on any atom is -0.323 e. The van der Waals surface area contributed by atoms with Gasteiger partial charge in [0.15, 0.2) is 0 Å². The second-order valence-electron chi connectivity index (χ2n) is 5.51. The van der Waals surface area contributed by atoms with E-state index in [1.54, 1.807) is 0 Å². The molecule has 2 N–H and O–H groups in total. The van der Waals surface area contributed by atoms with Crippen LogP contribution in [-0.2, 0) is 0 Å². The van der Waals surface area contributed by atoms with Crippen molar-refractivity contribution in [2.75, 3.05) is 13.1 Å². The van der Waals surface area contributed by atoms with Crippen LogP contribution in [0.2, 0.25) is 0 Å². The molecule has 2 heteroatoms. The summed E-state index contributed by atoms with van der Waals surface area (Å²) in [5, 5.41) is 0. The van der Waals surface area contributed by atoms with Gasteiger partial charge in [0.05, 0.1) is 0 Å². The van der Waals surface area contributed by atoms with Crippen LogP contribution in [0.5, 0.6) is 0 Å². The van der Waals surface area contributed by atoms with Gasteiger partial charge >= 0.3 is 0 Å². The topological polar surface area (TPSA) is 29.3 Å². The van der Waals surface area contributed by atoms with E-state index >= 15 is 0 Å². The molecule has 94 valence electrons. The molecular formula is C15H24N2. The van der Waals surface area contributed by atoms with Gasteiger partial charge in [0.1, 0.15) is 0 Å². The fourth-order valence-corrected chi connectivity index (χ4v) is 2.85. The summed E-state index contributed by atoms with van der Waals surface area (Å²) >= 11 is 0. The van der Waals surface area contributed by atoms with E-state index in [0.29, 0.717) is 6.04 Å². The number of benzene rings is 1. The van der Waals surface area contributed by atoms with E-state index in [4.69, 9.17) is 5.73 Å². The largest absolute Gasteiger partial charge is 0.323 e. The summed E-state index contributed by atoms with van der Waals surface area (Å²) in [4.78, 5) is 2.52. The van der Waals surface area contributed by atoms with Gasteiger partial charge in [0.25, 0.3) is 0 Å². The molecule has 2 unspecified atom stereocenters. The lowest BCUT2D eigenvalue weighted by Crippen LogP contribution is -2.34. The zero-order chi connectivity index (χ0) is 12.4. The Morgan fingerprint density at radius 3 is 2.47 bits per heavy atom. The predicted molar refractivity (Wildman–Crippen MR) is 73.1 cm³/mol. The van der Waals surface area contributed by atoms with Crippen molar-refractivity contribution in [1.29, 1.82) is 0 Å². The minimum absolute atomic E-state index is 0.147. The van der Waals surface area contributed by atoms with Crippen LogP contribution >= 0.6 is 0 Å². The molecule has 1 fully saturated rings. The highest BCUT2D eigenvalue weighted by atomic mass is 15.2. The number of hydrogen-bond donors (Lipinski definition) is 1. The third-order valence-corrected chi connectivity index (χ3v) is 3.79. The van der Waals surface area contributed by atoms with Crippen LogP contribution in [0.15, 0.2) is 18.2 Å². The second-order valence-corrected chi connectivity index (χ2v) is 5.51. The van der Waals surface area contributed by atoms with Crippen LogP contribution in [0.25, 0.3) is 0 Å². The lowest BCUT2D eigenvalue weighted by atomic mass is 10.0. The first-order valence-corrected chi connectivity index (χ1v) is 6.64. The Bertz CT molecular complexity index is 366. The van der Waals surface area contributed by atoms with Crippen LogP contribution in [0.4, 0.5) is 0 Å². The van der Waals surface area contributed by atoms with Crippen LogP contribution in [-0.4, -0.2) is 24.0 Å². The van der Waals surface area contributed by atoms with Crippen LogP contribution < -0.4 is 5.73 Å². The van der Waals surface area contributed by atoms with Crippen molar-refractivity contribution in [3.05, 3.63) is 34.9 Å². The molecule has 2 atom stereocenters. The monoisotopic (exact) mass is 232 g/mol. The van der Waals surface area contributed by atoms with E-state index in [-0.39, 0.29) is 6.04 Å². The van der Waals surface area contributed by atoms with Crippen molar-refractivity contribution < 1.29 is 0 Å². The fraction of sp³-hybridized carbons (Fsp3) is 0.600. The Hall–Kier alpha value is -0.860. The zero-order valence-corrected chi connectivity index (χ0v) is 11.2. The van der Waals surface area contributed by atoms with Crippen LogP contribution in [0, 0.1) is 13.8 Å². The number of aryl methyl sites for hydroxylation is 2. The number of likely N-dealkylation sites (tertiary alicyclic amines) is 1. The number of nitrogens with zero attached hydrogens (tertiary/aromatic N) is 1. The van der Waals surface area contributed by atoms with E-state index in [0.717, 1.165) is 6.54 Å². The minimum atomic E-state index is 0.147. The first kappa shape index (κ1) is 12.6. The van der Waals surface area contributed by atoms with Gasteiger partial charge < -0.3 is 5.73 Å². The maximum Gasteiger partial charge on any atom is 0.0424 e. The van der Waals surface area contributed by atoms with Gasteiger partial charge in [-0.25, -0.2) is 0 Å². The molecule has 1 aliphatic heterocycles. The summed E-state index contributed by atoms with van der Waals surface area (Å²) in [5.41, 5.74) is 10.2. The lowest BCUT2D eigenvalue weighted by Gasteiger charge is -2.25. The molecule has 0 aromatic heterocycles. The Morgan fingerprint density at radius 1 is 1.29 bits per heavy atom. The molecule has 1 saturated heterocycles. The van der Waals surface area contributed by atoms with Gasteiger partial charge in [-0.15, -0.1) is 0 Å². The average molecular weight is 232 g/mol. The van der Waals surface area contributed by atoms with Gasteiger partial charge in [-0.05, 0) is 45.7 Å². The summed E-state index contributed by atoms with van der Waals surface area (Å²) in [6.45, 7) is 8.79. The van der Waals surface area contributed by atoms with Crippen LogP contribution in [0.3, 0.4) is 0 Å². The van der Waals surface area contributed by atoms with Gasteiger partial charge in [0.2, 0.25) is 0 Å². The fourth-order valence-electron chi connectivity index (χ4n) is 2.85. The maximum atomic E-state index is 6.33. The van der Waals surface area contributed by atoms with E-state index in [9.17, 15) is 0 Å². The van der Waals surface area contributed by atoms with Crippen LogP contribution in [0.1, 0.15) is 42.5 Å². The van der Waals surface area contributed by atoms with Crippen molar-refractivity contribution in [1.82, 2.24) is 4.90 Å². The maximum absolute atomic E-state index is 6.33. The van der Waals surface area contributed by atoms with Crippen molar-refractivity contribution in [3.63, 3.8) is 0 Å².